The Morgan fingerprint density at radius 1 is 1.42 bits per heavy atom. The Morgan fingerprint density at radius 2 is 2.00 bits per heavy atom. The van der Waals surface area contributed by atoms with Crippen molar-refractivity contribution < 1.29 is 23.0 Å². The number of aromatic nitrogens is 1. The zero-order valence-electron chi connectivity index (χ0n) is 10.3. The average molecular weight is 294 g/mol. The lowest BCUT2D eigenvalue weighted by Gasteiger charge is -2.21. The van der Waals surface area contributed by atoms with Crippen molar-refractivity contribution in [3.05, 3.63) is 23.4 Å². The maximum Gasteiger partial charge on any atom is 0.422 e. The molecule has 0 aliphatic carbocycles. The smallest absolute Gasteiger partial charge is 0.422 e. The highest BCUT2D eigenvalue weighted by atomic mass is 32.1. The van der Waals surface area contributed by atoms with Gasteiger partial charge in [0.15, 0.2) is 6.61 Å². The molecule has 19 heavy (non-hydrogen) atoms. The quantitative estimate of drug-likeness (QED) is 0.830. The fourth-order valence-electron chi connectivity index (χ4n) is 1.36. The Morgan fingerprint density at radius 3 is 2.42 bits per heavy atom. The van der Waals surface area contributed by atoms with Gasteiger partial charge in [0, 0.05) is 11.6 Å². The molecule has 0 spiro atoms. The summed E-state index contributed by atoms with van der Waals surface area (Å²) in [5.41, 5.74) is 4.54. The Kier molecular flexibility index (Phi) is 4.36. The lowest BCUT2D eigenvalue weighted by Crippen LogP contribution is -2.25. The van der Waals surface area contributed by atoms with Gasteiger partial charge in [-0.1, -0.05) is 12.2 Å². The molecule has 0 saturated carbocycles. The second-order valence-corrected chi connectivity index (χ2v) is 4.81. The molecule has 0 aliphatic heterocycles. The van der Waals surface area contributed by atoms with Gasteiger partial charge in [0.05, 0.1) is 5.60 Å². The Labute approximate surface area is 113 Å². The number of halogens is 3. The van der Waals surface area contributed by atoms with Crippen LogP contribution in [0.3, 0.4) is 0 Å². The van der Waals surface area contributed by atoms with Crippen LogP contribution in [0.1, 0.15) is 25.1 Å². The molecule has 1 rings (SSSR count). The zero-order valence-corrected chi connectivity index (χ0v) is 11.1. The van der Waals surface area contributed by atoms with E-state index in [1.165, 1.54) is 26.0 Å². The SMILES string of the molecule is CC(C)(O)c1ccc(OCC(F)(F)F)nc1C(N)=S. The van der Waals surface area contributed by atoms with Crippen LogP contribution in [0.2, 0.25) is 0 Å². The minimum atomic E-state index is -4.46. The molecule has 0 amide bonds. The summed E-state index contributed by atoms with van der Waals surface area (Å²) in [4.78, 5) is 3.66. The predicted molar refractivity (Wildman–Crippen MR) is 66.9 cm³/mol. The molecule has 0 radical (unpaired) electrons. The first-order chi connectivity index (χ1) is 8.50. The van der Waals surface area contributed by atoms with E-state index in [1.807, 2.05) is 0 Å². The van der Waals surface area contributed by atoms with Crippen LogP contribution in [0, 0.1) is 0 Å². The van der Waals surface area contributed by atoms with E-state index < -0.39 is 18.4 Å². The van der Waals surface area contributed by atoms with E-state index in [-0.39, 0.29) is 16.6 Å². The molecule has 0 atom stereocenters. The van der Waals surface area contributed by atoms with Crippen molar-refractivity contribution in [3.63, 3.8) is 0 Å². The van der Waals surface area contributed by atoms with Gasteiger partial charge >= 0.3 is 6.18 Å². The largest absolute Gasteiger partial charge is 0.468 e. The summed E-state index contributed by atoms with van der Waals surface area (Å²) < 4.78 is 40.6. The third-order valence-corrected chi connectivity index (χ3v) is 2.34. The normalized spacial score (nSPS) is 12.3. The lowest BCUT2D eigenvalue weighted by molar-refractivity contribution is -0.154. The molecule has 0 aromatic carbocycles. The van der Waals surface area contributed by atoms with Gasteiger partial charge in [0.2, 0.25) is 5.88 Å². The molecular weight excluding hydrogens is 281 g/mol. The van der Waals surface area contributed by atoms with Gasteiger partial charge < -0.3 is 15.6 Å². The second-order valence-electron chi connectivity index (χ2n) is 4.37. The summed E-state index contributed by atoms with van der Waals surface area (Å²) in [6.07, 6.45) is -4.46. The summed E-state index contributed by atoms with van der Waals surface area (Å²) in [5.74, 6) is -0.256. The molecule has 106 valence electrons. The highest BCUT2D eigenvalue weighted by Crippen LogP contribution is 2.25. The number of pyridine rings is 1. The van der Waals surface area contributed by atoms with E-state index in [2.05, 4.69) is 9.72 Å². The first-order valence-electron chi connectivity index (χ1n) is 5.24. The maximum atomic E-state index is 12.0. The number of hydrogen-bond donors (Lipinski definition) is 2. The monoisotopic (exact) mass is 294 g/mol. The molecule has 8 heteroatoms. The van der Waals surface area contributed by atoms with Crippen LogP contribution in [0.25, 0.3) is 0 Å². The lowest BCUT2D eigenvalue weighted by atomic mass is 9.96. The van der Waals surface area contributed by atoms with Crippen LogP contribution in [-0.4, -0.2) is 27.9 Å². The molecule has 0 unspecified atom stereocenters. The van der Waals surface area contributed by atoms with Gasteiger partial charge in [-0.2, -0.15) is 13.2 Å². The van der Waals surface area contributed by atoms with Gasteiger partial charge in [-0.25, -0.2) is 4.98 Å². The third kappa shape index (κ3) is 4.64. The molecule has 1 heterocycles. The summed E-state index contributed by atoms with van der Waals surface area (Å²) in [7, 11) is 0. The molecule has 4 nitrogen and oxygen atoms in total. The number of nitrogens with two attached hydrogens (primary N) is 1. The van der Waals surface area contributed by atoms with Crippen molar-refractivity contribution in [2.75, 3.05) is 6.61 Å². The number of nitrogens with zero attached hydrogens (tertiary/aromatic N) is 1. The average Bonchev–Trinajstić information content (AvgIpc) is 2.23. The van der Waals surface area contributed by atoms with E-state index >= 15 is 0 Å². The van der Waals surface area contributed by atoms with Crippen molar-refractivity contribution in [2.45, 2.75) is 25.6 Å². The molecule has 0 aliphatic rings. The fraction of sp³-hybridized carbons (Fsp3) is 0.455. The topological polar surface area (TPSA) is 68.4 Å². The van der Waals surface area contributed by atoms with Crippen LogP contribution < -0.4 is 10.5 Å². The van der Waals surface area contributed by atoms with Gasteiger partial charge in [0.25, 0.3) is 0 Å². The molecule has 3 N–H and O–H groups in total. The van der Waals surface area contributed by atoms with Crippen molar-refractivity contribution in [3.8, 4) is 5.88 Å². The first kappa shape index (κ1) is 15.6. The van der Waals surface area contributed by atoms with Crippen molar-refractivity contribution >= 4 is 17.2 Å². The van der Waals surface area contributed by atoms with E-state index in [1.54, 1.807) is 0 Å². The highest BCUT2D eigenvalue weighted by Gasteiger charge is 2.29. The van der Waals surface area contributed by atoms with E-state index in [0.717, 1.165) is 0 Å². The number of rotatable bonds is 4. The van der Waals surface area contributed by atoms with Gasteiger partial charge in [-0.3, -0.25) is 0 Å². The number of alkyl halides is 3. The van der Waals surface area contributed by atoms with Gasteiger partial charge in [-0.05, 0) is 19.9 Å². The summed E-state index contributed by atoms with van der Waals surface area (Å²) >= 11 is 4.76. The standard InChI is InChI=1S/C11H13F3N2O2S/c1-10(2,17)6-3-4-7(16-8(6)9(15)19)18-5-11(12,13)14/h3-4,17H,5H2,1-2H3,(H2,15,19). The summed E-state index contributed by atoms with van der Waals surface area (Å²) in [6, 6.07) is 2.61. The van der Waals surface area contributed by atoms with Gasteiger partial charge in [0.1, 0.15) is 10.7 Å². The predicted octanol–water partition coefficient (Wildman–Crippen LogP) is 1.88. The van der Waals surface area contributed by atoms with E-state index in [9.17, 15) is 18.3 Å². The molecule has 1 aromatic rings. The maximum absolute atomic E-state index is 12.0. The Hall–Kier alpha value is -1.41. The molecule has 0 fully saturated rings. The van der Waals surface area contributed by atoms with E-state index in [4.69, 9.17) is 18.0 Å². The number of ether oxygens (including phenoxy) is 1. The molecule has 1 aromatic heterocycles. The van der Waals surface area contributed by atoms with E-state index in [0.29, 0.717) is 5.56 Å². The van der Waals surface area contributed by atoms with Crippen LogP contribution in [-0.2, 0) is 5.60 Å². The number of thiocarbonyl (C=S) groups is 1. The number of hydrogen-bond acceptors (Lipinski definition) is 4. The van der Waals surface area contributed by atoms with Crippen molar-refractivity contribution in [1.82, 2.24) is 4.98 Å². The van der Waals surface area contributed by atoms with Crippen LogP contribution >= 0.6 is 12.2 Å². The van der Waals surface area contributed by atoms with Crippen LogP contribution in [0.15, 0.2) is 12.1 Å². The van der Waals surface area contributed by atoms with Crippen LogP contribution in [0.4, 0.5) is 13.2 Å². The second kappa shape index (κ2) is 5.30. The zero-order chi connectivity index (χ0) is 14.8. The fourth-order valence-corrected chi connectivity index (χ4v) is 1.51. The minimum Gasteiger partial charge on any atom is -0.468 e. The highest BCUT2D eigenvalue weighted by molar-refractivity contribution is 7.80. The third-order valence-electron chi connectivity index (χ3n) is 2.15. The first-order valence-corrected chi connectivity index (χ1v) is 5.65. The number of aliphatic hydroxyl groups is 1. The Balaban J connectivity index is 3.07. The molecule has 0 saturated heterocycles. The minimum absolute atomic E-state index is 0.0437. The summed E-state index contributed by atoms with van der Waals surface area (Å²) in [5, 5.41) is 9.89. The Bertz CT molecular complexity index is 484. The van der Waals surface area contributed by atoms with Crippen LogP contribution in [0.5, 0.6) is 5.88 Å². The summed E-state index contributed by atoms with van der Waals surface area (Å²) in [6.45, 7) is 1.52. The molecule has 0 bridgehead atoms. The van der Waals surface area contributed by atoms with Crippen molar-refractivity contribution in [1.29, 1.82) is 0 Å². The van der Waals surface area contributed by atoms with Gasteiger partial charge in [-0.15, -0.1) is 0 Å². The van der Waals surface area contributed by atoms with Crippen molar-refractivity contribution in [2.24, 2.45) is 5.73 Å². The molecular formula is C11H13F3N2O2S.